The van der Waals surface area contributed by atoms with Crippen molar-refractivity contribution >= 4 is 11.3 Å². The third-order valence-electron chi connectivity index (χ3n) is 3.61. The zero-order valence-corrected chi connectivity index (χ0v) is 12.5. The third-order valence-corrected chi connectivity index (χ3v) is 4.69. The summed E-state index contributed by atoms with van der Waals surface area (Å²) in [6.45, 7) is 6.96. The van der Waals surface area contributed by atoms with Crippen molar-refractivity contribution in [3.8, 4) is 0 Å². The maximum atomic E-state index is 4.56. The highest BCUT2D eigenvalue weighted by Gasteiger charge is 2.27. The van der Waals surface area contributed by atoms with Gasteiger partial charge in [0.1, 0.15) is 0 Å². The average Bonchev–Trinajstić information content (AvgIpc) is 2.86. The van der Waals surface area contributed by atoms with Gasteiger partial charge < -0.3 is 0 Å². The van der Waals surface area contributed by atoms with E-state index in [1.165, 1.54) is 56.4 Å². The minimum Gasteiger partial charge on any atom is -0.249 e. The molecule has 0 N–H and O–H groups in total. The van der Waals surface area contributed by atoms with E-state index >= 15 is 0 Å². The van der Waals surface area contributed by atoms with Crippen molar-refractivity contribution in [2.24, 2.45) is 0 Å². The van der Waals surface area contributed by atoms with E-state index in [1.807, 2.05) is 17.5 Å². The number of nitrogens with zero attached hydrogens (tertiary/aromatic N) is 1. The third kappa shape index (κ3) is 4.79. The largest absolute Gasteiger partial charge is 0.249 e. The average molecular weight is 253 g/mol. The lowest BCUT2D eigenvalue weighted by molar-refractivity contribution is 0.368. The number of aromatic nitrogens is 1. The number of rotatable bonds is 9. The van der Waals surface area contributed by atoms with Crippen LogP contribution in [-0.4, -0.2) is 4.98 Å². The Labute approximate surface area is 111 Å². The number of thiazole rings is 1. The quantitative estimate of drug-likeness (QED) is 0.525. The van der Waals surface area contributed by atoms with Gasteiger partial charge in [0, 0.05) is 17.0 Å². The van der Waals surface area contributed by atoms with Crippen molar-refractivity contribution in [2.45, 2.75) is 77.6 Å². The molecule has 0 aliphatic rings. The molecule has 17 heavy (non-hydrogen) atoms. The van der Waals surface area contributed by atoms with E-state index in [0.717, 1.165) is 0 Å². The van der Waals surface area contributed by atoms with E-state index in [1.54, 1.807) is 0 Å². The van der Waals surface area contributed by atoms with Gasteiger partial charge in [0.25, 0.3) is 0 Å². The lowest BCUT2D eigenvalue weighted by Gasteiger charge is -2.27. The first kappa shape index (κ1) is 14.7. The Kier molecular flexibility index (Phi) is 6.79. The molecule has 1 aromatic heterocycles. The maximum absolute atomic E-state index is 4.56. The lowest BCUT2D eigenvalue weighted by Crippen LogP contribution is -2.21. The molecular weight excluding hydrogens is 226 g/mol. The van der Waals surface area contributed by atoms with E-state index in [4.69, 9.17) is 0 Å². The molecule has 0 radical (unpaired) electrons. The summed E-state index contributed by atoms with van der Waals surface area (Å²) in [4.78, 5) is 4.56. The van der Waals surface area contributed by atoms with Crippen molar-refractivity contribution in [1.29, 1.82) is 0 Å². The molecule has 0 aliphatic heterocycles. The molecule has 0 saturated heterocycles. The first-order chi connectivity index (χ1) is 8.23. The van der Waals surface area contributed by atoms with Crippen LogP contribution in [0.4, 0.5) is 0 Å². The second-order valence-corrected chi connectivity index (χ2v) is 6.21. The maximum Gasteiger partial charge on any atom is 0.0983 e. The highest BCUT2D eigenvalue weighted by Crippen LogP contribution is 2.36. The van der Waals surface area contributed by atoms with Gasteiger partial charge in [-0.1, -0.05) is 59.3 Å². The van der Waals surface area contributed by atoms with Crippen LogP contribution in [0, 0.1) is 0 Å². The number of hydrogen-bond donors (Lipinski definition) is 0. The SMILES string of the molecule is CCCCCCC(C)(CCCC)c1nccs1. The summed E-state index contributed by atoms with van der Waals surface area (Å²) in [5, 5.41) is 3.47. The number of hydrogen-bond acceptors (Lipinski definition) is 2. The Balaban J connectivity index is 2.53. The zero-order chi connectivity index (χ0) is 12.6. The van der Waals surface area contributed by atoms with E-state index in [9.17, 15) is 0 Å². The van der Waals surface area contributed by atoms with Crippen molar-refractivity contribution in [3.63, 3.8) is 0 Å². The highest BCUT2D eigenvalue weighted by molar-refractivity contribution is 7.09. The Morgan fingerprint density at radius 3 is 2.35 bits per heavy atom. The van der Waals surface area contributed by atoms with Crippen LogP contribution in [0.3, 0.4) is 0 Å². The van der Waals surface area contributed by atoms with E-state index in [0.29, 0.717) is 5.41 Å². The first-order valence-corrected chi connectivity index (χ1v) is 8.01. The van der Waals surface area contributed by atoms with Crippen LogP contribution in [0.5, 0.6) is 0 Å². The topological polar surface area (TPSA) is 12.9 Å². The minimum atomic E-state index is 0.331. The first-order valence-electron chi connectivity index (χ1n) is 7.13. The molecule has 2 heteroatoms. The molecule has 0 bridgehead atoms. The molecule has 1 rings (SSSR count). The summed E-state index contributed by atoms with van der Waals surface area (Å²) in [5.41, 5.74) is 0.331. The molecule has 1 heterocycles. The lowest BCUT2D eigenvalue weighted by atomic mass is 9.80. The second kappa shape index (κ2) is 7.86. The van der Waals surface area contributed by atoms with Crippen LogP contribution in [-0.2, 0) is 5.41 Å². The van der Waals surface area contributed by atoms with Gasteiger partial charge >= 0.3 is 0 Å². The molecule has 0 amide bonds. The van der Waals surface area contributed by atoms with Gasteiger partial charge in [-0.3, -0.25) is 0 Å². The van der Waals surface area contributed by atoms with Gasteiger partial charge in [0.15, 0.2) is 0 Å². The Morgan fingerprint density at radius 1 is 1.06 bits per heavy atom. The van der Waals surface area contributed by atoms with Crippen LogP contribution >= 0.6 is 11.3 Å². The van der Waals surface area contributed by atoms with Crippen molar-refractivity contribution in [2.75, 3.05) is 0 Å². The summed E-state index contributed by atoms with van der Waals surface area (Å²) in [6, 6.07) is 0. The smallest absolute Gasteiger partial charge is 0.0983 e. The van der Waals surface area contributed by atoms with Crippen LogP contribution in [0.2, 0.25) is 0 Å². The van der Waals surface area contributed by atoms with Gasteiger partial charge in [-0.15, -0.1) is 11.3 Å². The normalized spacial score (nSPS) is 14.8. The molecule has 0 aromatic carbocycles. The van der Waals surface area contributed by atoms with Crippen LogP contribution in [0.15, 0.2) is 11.6 Å². The summed E-state index contributed by atoms with van der Waals surface area (Å²) >= 11 is 1.83. The van der Waals surface area contributed by atoms with E-state index < -0.39 is 0 Å². The highest BCUT2D eigenvalue weighted by atomic mass is 32.1. The molecule has 0 spiro atoms. The van der Waals surface area contributed by atoms with Gasteiger partial charge in [0.2, 0.25) is 0 Å². The van der Waals surface area contributed by atoms with Crippen LogP contribution < -0.4 is 0 Å². The predicted molar refractivity (Wildman–Crippen MR) is 77.8 cm³/mol. The summed E-state index contributed by atoms with van der Waals surface area (Å²) in [7, 11) is 0. The fourth-order valence-electron chi connectivity index (χ4n) is 2.37. The monoisotopic (exact) mass is 253 g/mol. The molecule has 0 fully saturated rings. The zero-order valence-electron chi connectivity index (χ0n) is 11.7. The standard InChI is InChI=1S/C15H27NS/c1-4-6-8-9-11-15(3,10-7-5-2)14-16-12-13-17-14/h12-13H,4-11H2,1-3H3. The molecule has 0 aliphatic carbocycles. The van der Waals surface area contributed by atoms with Crippen LogP contribution in [0.25, 0.3) is 0 Å². The predicted octanol–water partition coefficient (Wildman–Crippen LogP) is 5.56. The van der Waals surface area contributed by atoms with Gasteiger partial charge in [0.05, 0.1) is 5.01 Å². The molecule has 1 atom stereocenters. The fraction of sp³-hybridized carbons (Fsp3) is 0.800. The second-order valence-electron chi connectivity index (χ2n) is 5.31. The molecule has 0 saturated carbocycles. The Hall–Kier alpha value is -0.370. The number of unbranched alkanes of at least 4 members (excludes halogenated alkanes) is 4. The van der Waals surface area contributed by atoms with E-state index in [2.05, 4.69) is 31.1 Å². The van der Waals surface area contributed by atoms with Crippen molar-refractivity contribution in [3.05, 3.63) is 16.6 Å². The van der Waals surface area contributed by atoms with Crippen molar-refractivity contribution in [1.82, 2.24) is 4.98 Å². The van der Waals surface area contributed by atoms with Crippen LogP contribution in [0.1, 0.15) is 77.1 Å². The summed E-state index contributed by atoms with van der Waals surface area (Å²) in [6.07, 6.45) is 12.6. The van der Waals surface area contributed by atoms with Gasteiger partial charge in [-0.05, 0) is 12.8 Å². The molecule has 1 nitrogen and oxygen atoms in total. The minimum absolute atomic E-state index is 0.331. The van der Waals surface area contributed by atoms with Gasteiger partial charge in [-0.2, -0.15) is 0 Å². The van der Waals surface area contributed by atoms with E-state index in [-0.39, 0.29) is 0 Å². The molecule has 98 valence electrons. The summed E-state index contributed by atoms with van der Waals surface area (Å²) < 4.78 is 0. The molecular formula is C15H27NS. The fourth-order valence-corrected chi connectivity index (χ4v) is 3.23. The van der Waals surface area contributed by atoms with Crippen molar-refractivity contribution < 1.29 is 0 Å². The Bertz CT molecular complexity index is 281. The molecule has 1 unspecified atom stereocenters. The summed E-state index contributed by atoms with van der Waals surface area (Å²) in [5.74, 6) is 0. The molecule has 1 aromatic rings. The van der Waals surface area contributed by atoms with Gasteiger partial charge in [-0.25, -0.2) is 4.98 Å². The Morgan fingerprint density at radius 2 is 1.76 bits per heavy atom.